The first-order valence-corrected chi connectivity index (χ1v) is 9.20. The average molecular weight is 274 g/mol. The molecule has 0 aliphatic heterocycles. The summed E-state index contributed by atoms with van der Waals surface area (Å²) in [5.41, 5.74) is 0. The first-order chi connectivity index (χ1) is 9.86. The van der Waals surface area contributed by atoms with E-state index in [0.717, 1.165) is 23.7 Å². The third-order valence-corrected chi connectivity index (χ3v) is 5.50. The van der Waals surface area contributed by atoms with Gasteiger partial charge in [-0.15, -0.1) is 0 Å². The number of hydrogen-bond acceptors (Lipinski definition) is 0. The smallest absolute Gasteiger partial charge is 0.0196 e. The molecule has 0 heteroatoms. The summed E-state index contributed by atoms with van der Waals surface area (Å²) in [6, 6.07) is 0. The Labute approximate surface area is 126 Å². The highest BCUT2D eigenvalue weighted by Crippen LogP contribution is 2.55. The Morgan fingerprint density at radius 3 is 2.20 bits per heavy atom. The summed E-state index contributed by atoms with van der Waals surface area (Å²) in [6.07, 6.45) is 23.6. The predicted octanol–water partition coefficient (Wildman–Crippen LogP) is 6.53. The Morgan fingerprint density at radius 2 is 1.60 bits per heavy atom. The van der Waals surface area contributed by atoms with Crippen molar-refractivity contribution in [3.05, 3.63) is 24.3 Å². The molecule has 0 spiro atoms. The predicted molar refractivity (Wildman–Crippen MR) is 89.8 cm³/mol. The Morgan fingerprint density at radius 1 is 0.900 bits per heavy atom. The van der Waals surface area contributed by atoms with E-state index in [1.54, 1.807) is 0 Å². The summed E-state index contributed by atoms with van der Waals surface area (Å²) in [5.74, 6) is 4.26. The van der Waals surface area contributed by atoms with Crippen molar-refractivity contribution in [2.45, 2.75) is 78.1 Å². The Bertz CT molecular complexity index is 294. The van der Waals surface area contributed by atoms with Crippen LogP contribution in [0.4, 0.5) is 0 Å². The van der Waals surface area contributed by atoms with Crippen LogP contribution in [-0.4, -0.2) is 0 Å². The molecule has 0 amide bonds. The highest BCUT2D eigenvalue weighted by Gasteiger charge is 2.46. The maximum Gasteiger partial charge on any atom is -0.0196 e. The molecule has 2 saturated carbocycles. The van der Waals surface area contributed by atoms with Crippen LogP contribution in [0, 0.1) is 23.7 Å². The third-order valence-electron chi connectivity index (χ3n) is 5.50. The highest BCUT2D eigenvalue weighted by atomic mass is 14.5. The van der Waals surface area contributed by atoms with E-state index in [2.05, 4.69) is 38.2 Å². The molecule has 3 aliphatic carbocycles. The molecule has 114 valence electrons. The minimum absolute atomic E-state index is 1.01. The molecule has 20 heavy (non-hydrogen) atoms. The topological polar surface area (TPSA) is 0 Å². The fourth-order valence-corrected chi connectivity index (χ4v) is 4.45. The van der Waals surface area contributed by atoms with Crippen LogP contribution in [0.3, 0.4) is 0 Å². The molecule has 4 atom stereocenters. The average Bonchev–Trinajstić information content (AvgIpc) is 3.16. The summed E-state index contributed by atoms with van der Waals surface area (Å²) in [7, 11) is 0. The molecule has 3 aliphatic rings. The van der Waals surface area contributed by atoms with Crippen LogP contribution in [0.1, 0.15) is 78.1 Å². The van der Waals surface area contributed by atoms with Crippen LogP contribution < -0.4 is 0 Å². The quantitative estimate of drug-likeness (QED) is 0.381. The largest absolute Gasteiger partial charge is 0.0888 e. The van der Waals surface area contributed by atoms with Gasteiger partial charge in [0.05, 0.1) is 0 Å². The molecule has 0 nitrogen and oxygen atoms in total. The summed E-state index contributed by atoms with van der Waals surface area (Å²) >= 11 is 0. The van der Waals surface area contributed by atoms with Crippen molar-refractivity contribution in [3.8, 4) is 0 Å². The standard InChI is InChI=1S/C10H14.C10H20/c1-2-9-7-4-5-8(6-7)10(9)3-1;1-3-5-7-9-10-8-6-4-2/h4-5,7-10H,1-3,6H2;5,7H,3-4,6,8-10H2,1-2H3. The second-order valence-electron chi connectivity index (χ2n) is 6.94. The van der Waals surface area contributed by atoms with E-state index >= 15 is 0 Å². The molecule has 2 bridgehead atoms. The number of fused-ring (bicyclic) bond motifs is 5. The highest BCUT2D eigenvalue weighted by molar-refractivity contribution is 5.14. The van der Waals surface area contributed by atoms with Gasteiger partial charge in [-0.05, 0) is 62.2 Å². The second kappa shape index (κ2) is 8.70. The van der Waals surface area contributed by atoms with E-state index in [1.165, 1.54) is 64.2 Å². The molecule has 0 aromatic heterocycles. The van der Waals surface area contributed by atoms with E-state index in [1.807, 2.05) is 0 Å². The third kappa shape index (κ3) is 4.24. The van der Waals surface area contributed by atoms with Crippen LogP contribution in [0.25, 0.3) is 0 Å². The monoisotopic (exact) mass is 274 g/mol. The van der Waals surface area contributed by atoms with E-state index in [0.29, 0.717) is 0 Å². The van der Waals surface area contributed by atoms with Gasteiger partial charge in [0.15, 0.2) is 0 Å². The number of unbranched alkanes of at least 4 members (excludes halogenated alkanes) is 4. The van der Waals surface area contributed by atoms with Crippen LogP contribution >= 0.6 is 0 Å². The zero-order valence-electron chi connectivity index (χ0n) is 13.7. The molecule has 0 radical (unpaired) electrons. The number of rotatable bonds is 6. The van der Waals surface area contributed by atoms with Gasteiger partial charge in [0, 0.05) is 0 Å². The molecule has 0 heterocycles. The fourth-order valence-electron chi connectivity index (χ4n) is 4.45. The van der Waals surface area contributed by atoms with Crippen LogP contribution in [0.15, 0.2) is 24.3 Å². The molecule has 4 unspecified atom stereocenters. The van der Waals surface area contributed by atoms with Gasteiger partial charge in [-0.2, -0.15) is 0 Å². The van der Waals surface area contributed by atoms with Gasteiger partial charge in [-0.3, -0.25) is 0 Å². The van der Waals surface area contributed by atoms with Gasteiger partial charge in [-0.1, -0.05) is 63.8 Å². The van der Waals surface area contributed by atoms with E-state index in [4.69, 9.17) is 0 Å². The van der Waals surface area contributed by atoms with Crippen molar-refractivity contribution in [1.29, 1.82) is 0 Å². The lowest BCUT2D eigenvalue weighted by Gasteiger charge is -2.19. The van der Waals surface area contributed by atoms with Crippen molar-refractivity contribution in [2.24, 2.45) is 23.7 Å². The van der Waals surface area contributed by atoms with Crippen molar-refractivity contribution in [1.82, 2.24) is 0 Å². The first kappa shape index (κ1) is 15.9. The summed E-state index contributed by atoms with van der Waals surface area (Å²) in [5, 5.41) is 0. The molecule has 0 saturated heterocycles. The first-order valence-electron chi connectivity index (χ1n) is 9.20. The maximum absolute atomic E-state index is 2.48. The minimum Gasteiger partial charge on any atom is -0.0888 e. The zero-order chi connectivity index (χ0) is 14.2. The SMILES string of the molecule is C1=CC2CC1C1CCCC21.CCC=CCCCCCC. The Balaban J connectivity index is 0.000000147. The fraction of sp³-hybridized carbons (Fsp3) is 0.800. The lowest BCUT2D eigenvalue weighted by Crippen LogP contribution is -2.12. The molecule has 2 fully saturated rings. The van der Waals surface area contributed by atoms with Gasteiger partial charge < -0.3 is 0 Å². The Kier molecular flexibility index (Phi) is 6.90. The van der Waals surface area contributed by atoms with Crippen LogP contribution in [-0.2, 0) is 0 Å². The van der Waals surface area contributed by atoms with Crippen molar-refractivity contribution >= 4 is 0 Å². The lowest BCUT2D eigenvalue weighted by atomic mass is 9.86. The number of allylic oxidation sites excluding steroid dienone is 4. The van der Waals surface area contributed by atoms with Crippen LogP contribution in [0.5, 0.6) is 0 Å². The van der Waals surface area contributed by atoms with Gasteiger partial charge >= 0.3 is 0 Å². The van der Waals surface area contributed by atoms with Gasteiger partial charge in [-0.25, -0.2) is 0 Å². The maximum atomic E-state index is 2.48. The molecular weight excluding hydrogens is 240 g/mol. The van der Waals surface area contributed by atoms with Crippen molar-refractivity contribution < 1.29 is 0 Å². The van der Waals surface area contributed by atoms with Crippen molar-refractivity contribution in [2.75, 3.05) is 0 Å². The van der Waals surface area contributed by atoms with E-state index < -0.39 is 0 Å². The van der Waals surface area contributed by atoms with E-state index in [9.17, 15) is 0 Å². The molecule has 3 rings (SSSR count). The normalized spacial score (nSPS) is 33.5. The molecular formula is C20H34. The van der Waals surface area contributed by atoms with Crippen LogP contribution in [0.2, 0.25) is 0 Å². The lowest BCUT2D eigenvalue weighted by molar-refractivity contribution is 0.364. The van der Waals surface area contributed by atoms with E-state index in [-0.39, 0.29) is 0 Å². The number of hydrogen-bond donors (Lipinski definition) is 0. The molecule has 0 aromatic rings. The van der Waals surface area contributed by atoms with Gasteiger partial charge in [0.1, 0.15) is 0 Å². The molecule has 0 N–H and O–H groups in total. The van der Waals surface area contributed by atoms with Crippen molar-refractivity contribution in [3.63, 3.8) is 0 Å². The molecule has 0 aromatic carbocycles. The summed E-state index contributed by atoms with van der Waals surface area (Å²) in [4.78, 5) is 0. The second-order valence-corrected chi connectivity index (χ2v) is 6.94. The summed E-state index contributed by atoms with van der Waals surface area (Å²) < 4.78 is 0. The Hall–Kier alpha value is -0.520. The summed E-state index contributed by atoms with van der Waals surface area (Å²) in [6.45, 7) is 4.43. The van der Waals surface area contributed by atoms with Gasteiger partial charge in [0.2, 0.25) is 0 Å². The minimum atomic E-state index is 1.01. The van der Waals surface area contributed by atoms with Gasteiger partial charge in [0.25, 0.3) is 0 Å². The zero-order valence-corrected chi connectivity index (χ0v) is 13.7.